The average Bonchev–Trinajstić information content (AvgIpc) is 2.72. The quantitative estimate of drug-likeness (QED) is 0.225. The van der Waals surface area contributed by atoms with E-state index in [0.717, 1.165) is 0 Å². The molecule has 0 saturated heterocycles. The molecule has 0 spiro atoms. The first kappa shape index (κ1) is 24.9. The molecule has 0 aliphatic rings. The van der Waals surface area contributed by atoms with Crippen LogP contribution in [-0.4, -0.2) is 52.3 Å². The summed E-state index contributed by atoms with van der Waals surface area (Å²) in [6.45, 7) is 1.38. The lowest BCUT2D eigenvalue weighted by Crippen LogP contribution is -2.14. The van der Waals surface area contributed by atoms with Crippen LogP contribution in [0.25, 0.3) is 0 Å². The van der Waals surface area contributed by atoms with Gasteiger partial charge < -0.3 is 35.2 Å². The molecule has 0 aliphatic carbocycles. The zero-order chi connectivity index (χ0) is 21.2. The summed E-state index contributed by atoms with van der Waals surface area (Å²) in [5.41, 5.74) is 12.1. The fourth-order valence-electron chi connectivity index (χ4n) is 2.43. The summed E-state index contributed by atoms with van der Waals surface area (Å²) in [6.07, 6.45) is 0. The molecule has 0 bridgehead atoms. The fraction of sp³-hybridized carbons (Fsp3) is 0.300. The molecule has 0 saturated carbocycles. The molecule has 2 rings (SSSR count). The highest BCUT2D eigenvalue weighted by molar-refractivity contribution is 5.96. The van der Waals surface area contributed by atoms with E-state index in [-0.39, 0.29) is 24.1 Å². The molecule has 0 aliphatic heterocycles. The van der Waals surface area contributed by atoms with Crippen LogP contribution in [0.5, 0.6) is 23.0 Å². The van der Waals surface area contributed by atoms with Gasteiger partial charge in [0.05, 0.1) is 27.4 Å². The highest BCUT2D eigenvalue weighted by Crippen LogP contribution is 2.28. The number of hydrogen-bond acceptors (Lipinski definition) is 7. The van der Waals surface area contributed by atoms with E-state index < -0.39 is 0 Å². The van der Waals surface area contributed by atoms with Crippen LogP contribution in [-0.2, 0) is 4.74 Å². The predicted octanol–water partition coefficient (Wildman–Crippen LogP) is 2.17. The third-order valence-electron chi connectivity index (χ3n) is 3.92. The van der Waals surface area contributed by atoms with Crippen molar-refractivity contribution in [3.63, 3.8) is 0 Å². The van der Waals surface area contributed by atoms with Crippen molar-refractivity contribution in [1.29, 1.82) is 10.8 Å². The van der Waals surface area contributed by atoms with E-state index in [1.165, 1.54) is 14.2 Å². The Morgan fingerprint density at radius 2 is 1.10 bits per heavy atom. The Labute approximate surface area is 181 Å². The van der Waals surface area contributed by atoms with Crippen LogP contribution in [0.3, 0.4) is 0 Å². The van der Waals surface area contributed by atoms with Gasteiger partial charge in [0.2, 0.25) is 0 Å². The van der Waals surface area contributed by atoms with Crippen LogP contribution in [0.2, 0.25) is 0 Å². The van der Waals surface area contributed by atoms with Crippen molar-refractivity contribution in [3.05, 3.63) is 47.5 Å². The van der Waals surface area contributed by atoms with E-state index in [1.54, 1.807) is 36.4 Å². The summed E-state index contributed by atoms with van der Waals surface area (Å²) in [5.74, 6) is 2.03. The van der Waals surface area contributed by atoms with E-state index in [4.69, 9.17) is 46.0 Å². The molecule has 30 heavy (non-hydrogen) atoms. The molecule has 2 aromatic rings. The van der Waals surface area contributed by atoms with E-state index in [9.17, 15) is 0 Å². The van der Waals surface area contributed by atoms with Gasteiger partial charge in [-0.3, -0.25) is 10.8 Å². The average molecular weight is 439 g/mol. The van der Waals surface area contributed by atoms with E-state index in [1.807, 2.05) is 0 Å². The Morgan fingerprint density at radius 1 is 0.700 bits per heavy atom. The van der Waals surface area contributed by atoms with Crippen LogP contribution in [0.1, 0.15) is 11.1 Å². The van der Waals surface area contributed by atoms with Gasteiger partial charge in [0.15, 0.2) is 23.0 Å². The first-order valence-corrected chi connectivity index (χ1v) is 8.84. The van der Waals surface area contributed by atoms with Gasteiger partial charge in [0.25, 0.3) is 0 Å². The summed E-state index contributed by atoms with van der Waals surface area (Å²) in [5, 5.41) is 14.9. The molecule has 0 amide bonds. The number of halogens is 1. The number of benzene rings is 2. The van der Waals surface area contributed by atoms with Gasteiger partial charge in [-0.15, -0.1) is 12.4 Å². The second-order valence-electron chi connectivity index (χ2n) is 5.87. The molecule has 0 heterocycles. The van der Waals surface area contributed by atoms with Crippen molar-refractivity contribution in [2.24, 2.45) is 11.5 Å². The second-order valence-corrected chi connectivity index (χ2v) is 5.87. The zero-order valence-electron chi connectivity index (χ0n) is 16.9. The topological polar surface area (TPSA) is 146 Å². The normalized spacial score (nSPS) is 9.93. The van der Waals surface area contributed by atoms with Crippen LogP contribution in [0.15, 0.2) is 36.4 Å². The third-order valence-corrected chi connectivity index (χ3v) is 3.92. The third kappa shape index (κ3) is 7.02. The standard InChI is InChI=1S/C20H26N4O5.ClH/c1-25-17-11-13(19(21)22)3-5-15(17)28-9-7-27-8-10-29-16-6-4-14(20(23)24)12-18(16)26-2;/h3-6,11-12H,7-10H2,1-2H3,(H3,21,22)(H3,23,24);1H. The monoisotopic (exact) mass is 438 g/mol. The van der Waals surface area contributed by atoms with Gasteiger partial charge in [-0.05, 0) is 36.4 Å². The van der Waals surface area contributed by atoms with Gasteiger partial charge in [0, 0.05) is 11.1 Å². The summed E-state index contributed by atoms with van der Waals surface area (Å²) in [7, 11) is 3.05. The number of amidine groups is 2. The summed E-state index contributed by atoms with van der Waals surface area (Å²) < 4.78 is 27.3. The molecule has 2 aromatic carbocycles. The van der Waals surface area contributed by atoms with Crippen molar-refractivity contribution in [2.75, 3.05) is 40.6 Å². The number of nitrogens with one attached hydrogen (secondary N) is 2. The highest BCUT2D eigenvalue weighted by atomic mass is 35.5. The maximum atomic E-state index is 7.45. The van der Waals surface area contributed by atoms with E-state index in [2.05, 4.69) is 0 Å². The number of nitrogen functional groups attached to an aromatic ring is 2. The minimum Gasteiger partial charge on any atom is -0.493 e. The SMILES string of the molecule is COc1cc(C(=N)N)ccc1OCCOCCOc1ccc(C(=N)N)cc1OC.Cl. The smallest absolute Gasteiger partial charge is 0.161 e. The van der Waals surface area contributed by atoms with Crippen molar-refractivity contribution in [1.82, 2.24) is 0 Å². The number of rotatable bonds is 12. The molecule has 0 atom stereocenters. The molecular formula is C20H27ClN4O5. The van der Waals surface area contributed by atoms with Gasteiger partial charge in [-0.1, -0.05) is 0 Å². The Hall–Kier alpha value is -3.17. The van der Waals surface area contributed by atoms with E-state index in [0.29, 0.717) is 60.6 Å². The Morgan fingerprint density at radius 3 is 1.43 bits per heavy atom. The number of methoxy groups -OCH3 is 2. The van der Waals surface area contributed by atoms with Crippen molar-refractivity contribution >= 4 is 24.1 Å². The Balaban J connectivity index is 0.00000450. The van der Waals surface area contributed by atoms with Crippen molar-refractivity contribution in [3.8, 4) is 23.0 Å². The van der Waals surface area contributed by atoms with E-state index >= 15 is 0 Å². The maximum absolute atomic E-state index is 7.45. The van der Waals surface area contributed by atoms with Crippen LogP contribution in [0.4, 0.5) is 0 Å². The lowest BCUT2D eigenvalue weighted by molar-refractivity contribution is 0.0750. The van der Waals surface area contributed by atoms with Crippen molar-refractivity contribution in [2.45, 2.75) is 0 Å². The fourth-order valence-corrected chi connectivity index (χ4v) is 2.43. The van der Waals surface area contributed by atoms with Crippen LogP contribution in [0, 0.1) is 10.8 Å². The number of hydrogen-bond donors (Lipinski definition) is 4. The molecule has 0 aromatic heterocycles. The Bertz CT molecular complexity index is 794. The maximum Gasteiger partial charge on any atom is 0.161 e. The first-order valence-electron chi connectivity index (χ1n) is 8.84. The molecule has 0 radical (unpaired) electrons. The minimum absolute atomic E-state index is 0. The molecule has 164 valence electrons. The number of ether oxygens (including phenoxy) is 5. The summed E-state index contributed by atoms with van der Waals surface area (Å²) >= 11 is 0. The molecular weight excluding hydrogens is 412 g/mol. The number of nitrogens with two attached hydrogens (primary N) is 2. The minimum atomic E-state index is -0.0363. The lowest BCUT2D eigenvalue weighted by atomic mass is 10.2. The molecule has 0 fully saturated rings. The first-order chi connectivity index (χ1) is 14.0. The summed E-state index contributed by atoms with van der Waals surface area (Å²) in [6, 6.07) is 10.1. The van der Waals surface area contributed by atoms with Crippen LogP contribution < -0.4 is 30.4 Å². The molecule has 6 N–H and O–H groups in total. The van der Waals surface area contributed by atoms with Gasteiger partial charge in [0.1, 0.15) is 24.9 Å². The van der Waals surface area contributed by atoms with Gasteiger partial charge >= 0.3 is 0 Å². The molecule has 10 heteroatoms. The zero-order valence-corrected chi connectivity index (χ0v) is 17.7. The molecule has 9 nitrogen and oxygen atoms in total. The largest absolute Gasteiger partial charge is 0.493 e. The van der Waals surface area contributed by atoms with Gasteiger partial charge in [-0.25, -0.2) is 0 Å². The molecule has 0 unspecified atom stereocenters. The second kappa shape index (κ2) is 12.4. The summed E-state index contributed by atoms with van der Waals surface area (Å²) in [4.78, 5) is 0. The van der Waals surface area contributed by atoms with Crippen molar-refractivity contribution < 1.29 is 23.7 Å². The van der Waals surface area contributed by atoms with Crippen LogP contribution >= 0.6 is 12.4 Å². The van der Waals surface area contributed by atoms with Gasteiger partial charge in [-0.2, -0.15) is 0 Å². The Kier molecular flexibility index (Phi) is 10.3. The highest BCUT2D eigenvalue weighted by Gasteiger charge is 2.08. The predicted molar refractivity (Wildman–Crippen MR) is 117 cm³/mol. The lowest BCUT2D eigenvalue weighted by Gasteiger charge is -2.13.